The van der Waals surface area contributed by atoms with Gasteiger partial charge in [0.25, 0.3) is 0 Å². The molecule has 2 amide bonds. The lowest BCUT2D eigenvalue weighted by atomic mass is 9.96. The molecule has 0 aromatic carbocycles. The second-order valence-corrected chi connectivity index (χ2v) is 5.45. The van der Waals surface area contributed by atoms with Gasteiger partial charge < -0.3 is 10.0 Å². The van der Waals surface area contributed by atoms with Crippen LogP contribution in [0.15, 0.2) is 0 Å². The van der Waals surface area contributed by atoms with Gasteiger partial charge in [-0.25, -0.2) is 5.84 Å². The van der Waals surface area contributed by atoms with Crippen LogP contribution in [0.3, 0.4) is 0 Å². The van der Waals surface area contributed by atoms with Crippen molar-refractivity contribution in [2.24, 2.45) is 11.8 Å². The number of aliphatic hydroxyl groups is 1. The standard InChI is InChI=1S/C13H26N4O3/c1-10(2)17(7-8-18)9-12(19)16-5-3-11(4-6-16)13(20)15-14/h10-11,18H,3-9,14H2,1-2H3,(H,15,20). The average Bonchev–Trinajstić information content (AvgIpc) is 2.45. The van der Waals surface area contributed by atoms with Crippen LogP contribution in [0.25, 0.3) is 0 Å². The van der Waals surface area contributed by atoms with E-state index < -0.39 is 0 Å². The summed E-state index contributed by atoms with van der Waals surface area (Å²) >= 11 is 0. The predicted octanol–water partition coefficient (Wildman–Crippen LogP) is -1.08. The molecule has 7 nitrogen and oxygen atoms in total. The summed E-state index contributed by atoms with van der Waals surface area (Å²) in [7, 11) is 0. The highest BCUT2D eigenvalue weighted by Gasteiger charge is 2.27. The van der Waals surface area contributed by atoms with Crippen molar-refractivity contribution in [3.8, 4) is 0 Å². The van der Waals surface area contributed by atoms with E-state index in [0.29, 0.717) is 39.0 Å². The van der Waals surface area contributed by atoms with Gasteiger partial charge >= 0.3 is 0 Å². The molecule has 116 valence electrons. The maximum absolute atomic E-state index is 12.2. The van der Waals surface area contributed by atoms with E-state index in [9.17, 15) is 9.59 Å². The number of piperidine rings is 1. The van der Waals surface area contributed by atoms with E-state index in [-0.39, 0.29) is 30.4 Å². The Morgan fingerprint density at radius 1 is 1.40 bits per heavy atom. The smallest absolute Gasteiger partial charge is 0.237 e. The number of nitrogens with one attached hydrogen (secondary N) is 1. The second kappa shape index (κ2) is 8.18. The van der Waals surface area contributed by atoms with Crippen molar-refractivity contribution in [2.45, 2.75) is 32.7 Å². The zero-order valence-electron chi connectivity index (χ0n) is 12.3. The Kier molecular flexibility index (Phi) is 6.90. The second-order valence-electron chi connectivity index (χ2n) is 5.45. The Bertz CT molecular complexity index is 328. The van der Waals surface area contributed by atoms with E-state index in [1.54, 1.807) is 4.90 Å². The summed E-state index contributed by atoms with van der Waals surface area (Å²) in [5, 5.41) is 9.01. The topological polar surface area (TPSA) is 98.9 Å². The number of nitrogens with two attached hydrogens (primary N) is 1. The molecule has 0 spiro atoms. The van der Waals surface area contributed by atoms with Gasteiger partial charge in [0, 0.05) is 31.6 Å². The SMILES string of the molecule is CC(C)N(CCO)CC(=O)N1CCC(C(=O)NN)CC1. The third-order valence-electron chi connectivity index (χ3n) is 3.82. The van der Waals surface area contributed by atoms with Crippen molar-refractivity contribution >= 4 is 11.8 Å². The third kappa shape index (κ3) is 4.73. The highest BCUT2D eigenvalue weighted by atomic mass is 16.3. The normalized spacial score (nSPS) is 16.8. The number of carbonyl (C=O) groups excluding carboxylic acids is 2. The van der Waals surface area contributed by atoms with Crippen molar-refractivity contribution in [1.82, 2.24) is 15.2 Å². The number of carbonyl (C=O) groups is 2. The van der Waals surface area contributed by atoms with Crippen molar-refractivity contribution in [3.63, 3.8) is 0 Å². The van der Waals surface area contributed by atoms with Crippen LogP contribution in [-0.4, -0.2) is 65.5 Å². The molecule has 1 rings (SSSR count). The van der Waals surface area contributed by atoms with Gasteiger partial charge in [0.2, 0.25) is 11.8 Å². The van der Waals surface area contributed by atoms with Crippen molar-refractivity contribution in [3.05, 3.63) is 0 Å². The van der Waals surface area contributed by atoms with E-state index in [4.69, 9.17) is 10.9 Å². The Labute approximate surface area is 120 Å². The Hall–Kier alpha value is -1.18. The molecule has 1 aliphatic rings. The van der Waals surface area contributed by atoms with Gasteiger partial charge in [0.1, 0.15) is 0 Å². The molecule has 20 heavy (non-hydrogen) atoms. The summed E-state index contributed by atoms with van der Waals surface area (Å²) in [4.78, 5) is 27.4. The molecule has 1 saturated heterocycles. The first-order valence-corrected chi connectivity index (χ1v) is 7.12. The number of hydrazine groups is 1. The van der Waals surface area contributed by atoms with Crippen LogP contribution in [-0.2, 0) is 9.59 Å². The fraction of sp³-hybridized carbons (Fsp3) is 0.846. The molecule has 0 aliphatic carbocycles. The van der Waals surface area contributed by atoms with Gasteiger partial charge in [-0.05, 0) is 26.7 Å². The van der Waals surface area contributed by atoms with Crippen LogP contribution in [0.5, 0.6) is 0 Å². The summed E-state index contributed by atoms with van der Waals surface area (Å²) in [5.41, 5.74) is 2.16. The lowest BCUT2D eigenvalue weighted by molar-refractivity contribution is -0.137. The molecule has 0 unspecified atom stereocenters. The molecular formula is C13H26N4O3. The Morgan fingerprint density at radius 3 is 2.45 bits per heavy atom. The first-order chi connectivity index (χ1) is 9.49. The van der Waals surface area contributed by atoms with Crippen LogP contribution < -0.4 is 11.3 Å². The molecular weight excluding hydrogens is 260 g/mol. The number of hydrogen-bond donors (Lipinski definition) is 3. The molecule has 1 heterocycles. The van der Waals surface area contributed by atoms with Crippen molar-refractivity contribution in [2.75, 3.05) is 32.8 Å². The first-order valence-electron chi connectivity index (χ1n) is 7.12. The molecule has 0 aromatic heterocycles. The molecule has 0 saturated carbocycles. The molecule has 1 fully saturated rings. The van der Waals surface area contributed by atoms with Crippen LogP contribution in [0.2, 0.25) is 0 Å². The largest absolute Gasteiger partial charge is 0.395 e. The number of likely N-dealkylation sites (tertiary alicyclic amines) is 1. The van der Waals surface area contributed by atoms with Gasteiger partial charge in [-0.3, -0.25) is 19.9 Å². The molecule has 0 bridgehead atoms. The lowest BCUT2D eigenvalue weighted by Gasteiger charge is -2.33. The zero-order chi connectivity index (χ0) is 15.1. The molecule has 4 N–H and O–H groups in total. The van der Waals surface area contributed by atoms with Crippen LogP contribution >= 0.6 is 0 Å². The van der Waals surface area contributed by atoms with Gasteiger partial charge in [-0.2, -0.15) is 0 Å². The van der Waals surface area contributed by atoms with E-state index in [2.05, 4.69) is 5.43 Å². The molecule has 0 radical (unpaired) electrons. The predicted molar refractivity (Wildman–Crippen MR) is 75.4 cm³/mol. The number of rotatable bonds is 6. The monoisotopic (exact) mass is 286 g/mol. The Balaban J connectivity index is 2.44. The van der Waals surface area contributed by atoms with Crippen molar-refractivity contribution < 1.29 is 14.7 Å². The minimum absolute atomic E-state index is 0.0458. The molecule has 0 aromatic rings. The number of aliphatic hydroxyl groups excluding tert-OH is 1. The third-order valence-corrected chi connectivity index (χ3v) is 3.82. The van der Waals surface area contributed by atoms with Crippen LogP contribution in [0, 0.1) is 5.92 Å². The summed E-state index contributed by atoms with van der Waals surface area (Å²) < 4.78 is 0. The minimum atomic E-state index is -0.152. The highest BCUT2D eigenvalue weighted by molar-refractivity contribution is 5.80. The fourth-order valence-corrected chi connectivity index (χ4v) is 2.43. The number of hydrogen-bond acceptors (Lipinski definition) is 5. The summed E-state index contributed by atoms with van der Waals surface area (Å²) in [5.74, 6) is 4.93. The highest BCUT2D eigenvalue weighted by Crippen LogP contribution is 2.17. The van der Waals surface area contributed by atoms with Gasteiger partial charge in [0.05, 0.1) is 13.2 Å². The van der Waals surface area contributed by atoms with E-state index in [0.717, 1.165) is 0 Å². The van der Waals surface area contributed by atoms with E-state index in [1.807, 2.05) is 18.7 Å². The zero-order valence-corrected chi connectivity index (χ0v) is 12.3. The van der Waals surface area contributed by atoms with E-state index >= 15 is 0 Å². The van der Waals surface area contributed by atoms with Gasteiger partial charge in [-0.1, -0.05) is 0 Å². The molecule has 7 heteroatoms. The molecule has 0 atom stereocenters. The average molecular weight is 286 g/mol. The number of nitrogens with zero attached hydrogens (tertiary/aromatic N) is 2. The fourth-order valence-electron chi connectivity index (χ4n) is 2.43. The van der Waals surface area contributed by atoms with Gasteiger partial charge in [0.15, 0.2) is 0 Å². The maximum Gasteiger partial charge on any atom is 0.237 e. The summed E-state index contributed by atoms with van der Waals surface area (Å²) in [6.45, 7) is 6.02. The lowest BCUT2D eigenvalue weighted by Crippen LogP contribution is -2.48. The molecule has 1 aliphatic heterocycles. The Morgan fingerprint density at radius 2 is 2.00 bits per heavy atom. The van der Waals surface area contributed by atoms with Crippen LogP contribution in [0.1, 0.15) is 26.7 Å². The number of amides is 2. The summed E-state index contributed by atoms with van der Waals surface area (Å²) in [6, 6.07) is 0.214. The van der Waals surface area contributed by atoms with E-state index in [1.165, 1.54) is 0 Å². The maximum atomic E-state index is 12.2. The van der Waals surface area contributed by atoms with Crippen LogP contribution in [0.4, 0.5) is 0 Å². The van der Waals surface area contributed by atoms with Gasteiger partial charge in [-0.15, -0.1) is 0 Å². The van der Waals surface area contributed by atoms with Crippen molar-refractivity contribution in [1.29, 1.82) is 0 Å². The summed E-state index contributed by atoms with van der Waals surface area (Å²) in [6.07, 6.45) is 1.30. The minimum Gasteiger partial charge on any atom is -0.395 e. The quantitative estimate of drug-likeness (QED) is 0.328. The first kappa shape index (κ1) is 16.9.